The molecule has 1 amide bonds. The first-order chi connectivity index (χ1) is 13.0. The highest BCUT2D eigenvalue weighted by molar-refractivity contribution is 5.94. The monoisotopic (exact) mass is 365 g/mol. The quantitative estimate of drug-likeness (QED) is 0.729. The Morgan fingerprint density at radius 1 is 1.07 bits per heavy atom. The number of amides is 1. The summed E-state index contributed by atoms with van der Waals surface area (Å²) in [6, 6.07) is 18.5. The van der Waals surface area contributed by atoms with Crippen LogP contribution < -0.4 is 15.6 Å². The lowest BCUT2D eigenvalue weighted by molar-refractivity contribution is -0.122. The number of hydrogen-bond acceptors (Lipinski definition) is 3. The molecule has 2 aromatic carbocycles. The third kappa shape index (κ3) is 3.79. The molecule has 1 aromatic heterocycles. The van der Waals surface area contributed by atoms with Crippen LogP contribution in [0.25, 0.3) is 5.69 Å². The molecule has 3 aromatic rings. The Balaban J connectivity index is 1.87. The Bertz CT molecular complexity index is 975. The molecule has 1 heterocycles. The molecule has 27 heavy (non-hydrogen) atoms. The maximum absolute atomic E-state index is 12.9. The van der Waals surface area contributed by atoms with Gasteiger partial charge in [-0.25, -0.2) is 4.68 Å². The first-order valence-corrected chi connectivity index (χ1v) is 8.89. The number of carbonyl (C=O) groups excluding carboxylic acids is 1. The third-order valence-corrected chi connectivity index (χ3v) is 4.49. The minimum Gasteiger partial charge on any atom is -0.481 e. The number of anilines is 1. The Labute approximate surface area is 158 Å². The largest absolute Gasteiger partial charge is 0.481 e. The highest BCUT2D eigenvalue weighted by atomic mass is 16.5. The molecule has 1 atom stereocenters. The van der Waals surface area contributed by atoms with Gasteiger partial charge in [0, 0.05) is 7.05 Å². The average Bonchev–Trinajstić information content (AvgIpc) is 2.90. The second-order valence-corrected chi connectivity index (χ2v) is 6.25. The van der Waals surface area contributed by atoms with Crippen LogP contribution in [-0.4, -0.2) is 21.4 Å². The molecule has 0 aliphatic heterocycles. The van der Waals surface area contributed by atoms with Gasteiger partial charge in [0.25, 0.3) is 11.5 Å². The molecule has 0 bridgehead atoms. The van der Waals surface area contributed by atoms with Crippen molar-refractivity contribution in [1.29, 1.82) is 0 Å². The highest BCUT2D eigenvalue weighted by Crippen LogP contribution is 2.17. The maximum Gasteiger partial charge on any atom is 0.295 e. The lowest BCUT2D eigenvalue weighted by Crippen LogP contribution is -2.34. The van der Waals surface area contributed by atoms with E-state index >= 15 is 0 Å². The van der Waals surface area contributed by atoms with Gasteiger partial charge in [-0.05, 0) is 37.6 Å². The molecule has 1 unspecified atom stereocenters. The average molecular weight is 365 g/mol. The predicted molar refractivity (Wildman–Crippen MR) is 106 cm³/mol. The summed E-state index contributed by atoms with van der Waals surface area (Å²) in [5.41, 5.74) is 1.40. The summed E-state index contributed by atoms with van der Waals surface area (Å²) in [7, 11) is 1.79. The number of nitrogens with zero attached hydrogens (tertiary/aromatic N) is 2. The topological polar surface area (TPSA) is 65.3 Å². The van der Waals surface area contributed by atoms with Gasteiger partial charge in [-0.1, -0.05) is 43.3 Å². The molecule has 140 valence electrons. The highest BCUT2D eigenvalue weighted by Gasteiger charge is 2.23. The summed E-state index contributed by atoms with van der Waals surface area (Å²) >= 11 is 0. The number of hydrogen-bond donors (Lipinski definition) is 1. The van der Waals surface area contributed by atoms with Crippen LogP contribution >= 0.6 is 0 Å². The van der Waals surface area contributed by atoms with Crippen molar-refractivity contribution in [1.82, 2.24) is 9.36 Å². The van der Waals surface area contributed by atoms with Crippen LogP contribution in [0.5, 0.6) is 5.75 Å². The van der Waals surface area contributed by atoms with E-state index in [9.17, 15) is 9.59 Å². The zero-order valence-electron chi connectivity index (χ0n) is 15.7. The van der Waals surface area contributed by atoms with Crippen LogP contribution in [0.3, 0.4) is 0 Å². The molecule has 6 heteroatoms. The summed E-state index contributed by atoms with van der Waals surface area (Å²) in [6.45, 7) is 3.67. The van der Waals surface area contributed by atoms with Crippen molar-refractivity contribution < 1.29 is 9.53 Å². The molecule has 0 spiro atoms. The molecule has 3 rings (SSSR count). The lowest BCUT2D eigenvalue weighted by Gasteiger charge is -2.16. The normalized spacial score (nSPS) is 11.8. The molecule has 0 aliphatic carbocycles. The zero-order valence-corrected chi connectivity index (χ0v) is 15.7. The van der Waals surface area contributed by atoms with E-state index in [4.69, 9.17) is 4.74 Å². The number of rotatable bonds is 6. The number of carbonyl (C=O) groups is 1. The summed E-state index contributed by atoms with van der Waals surface area (Å²) in [4.78, 5) is 25.6. The van der Waals surface area contributed by atoms with Gasteiger partial charge in [-0.2, -0.15) is 0 Å². The zero-order chi connectivity index (χ0) is 19.4. The smallest absolute Gasteiger partial charge is 0.295 e. The van der Waals surface area contributed by atoms with Gasteiger partial charge in [-0.15, -0.1) is 0 Å². The predicted octanol–water partition coefficient (Wildman–Crippen LogP) is 3.28. The van der Waals surface area contributed by atoms with Gasteiger partial charge < -0.3 is 10.1 Å². The van der Waals surface area contributed by atoms with E-state index in [1.165, 1.54) is 4.68 Å². The summed E-state index contributed by atoms with van der Waals surface area (Å²) in [6.07, 6.45) is -0.198. The van der Waals surface area contributed by atoms with Gasteiger partial charge in [0.05, 0.1) is 11.4 Å². The van der Waals surface area contributed by atoms with Crippen LogP contribution in [0.2, 0.25) is 0 Å². The van der Waals surface area contributed by atoms with Gasteiger partial charge in [0.1, 0.15) is 11.4 Å². The van der Waals surface area contributed by atoms with Crippen molar-refractivity contribution in [2.45, 2.75) is 26.4 Å². The molecule has 0 saturated carbocycles. The van der Waals surface area contributed by atoms with E-state index in [1.54, 1.807) is 30.8 Å². The molecular formula is C21H23N3O3. The van der Waals surface area contributed by atoms with E-state index in [-0.39, 0.29) is 17.2 Å². The van der Waals surface area contributed by atoms with Crippen LogP contribution in [0.1, 0.15) is 19.0 Å². The van der Waals surface area contributed by atoms with Crippen LogP contribution in [0.15, 0.2) is 65.5 Å². The Hall–Kier alpha value is -3.28. The SMILES string of the molecule is CCC(Oc1ccccc1)C(=O)Nc1c(C)n(C)n(-c2ccccc2)c1=O. The molecule has 0 aliphatic rings. The molecule has 1 N–H and O–H groups in total. The van der Waals surface area contributed by atoms with Crippen molar-refractivity contribution >= 4 is 11.6 Å². The lowest BCUT2D eigenvalue weighted by atomic mass is 10.2. The summed E-state index contributed by atoms with van der Waals surface area (Å²) in [5, 5.41) is 2.76. The minimum absolute atomic E-state index is 0.265. The van der Waals surface area contributed by atoms with Crippen LogP contribution in [0.4, 0.5) is 5.69 Å². The number of para-hydroxylation sites is 2. The second kappa shape index (κ2) is 7.95. The van der Waals surface area contributed by atoms with Gasteiger partial charge in [0.15, 0.2) is 6.10 Å². The maximum atomic E-state index is 12.9. The van der Waals surface area contributed by atoms with E-state index in [1.807, 2.05) is 55.5 Å². The van der Waals surface area contributed by atoms with Crippen LogP contribution in [0, 0.1) is 6.92 Å². The molecule has 6 nitrogen and oxygen atoms in total. The standard InChI is InChI=1S/C21H23N3O3/c1-4-18(27-17-13-9-6-10-14-17)20(25)22-19-15(2)23(3)24(21(19)26)16-11-7-5-8-12-16/h5-14,18H,4H2,1-3H3,(H,22,25). The first-order valence-electron chi connectivity index (χ1n) is 8.89. The second-order valence-electron chi connectivity index (χ2n) is 6.25. The Kier molecular flexibility index (Phi) is 5.45. The molecule has 0 saturated heterocycles. The van der Waals surface area contributed by atoms with Crippen molar-refractivity contribution in [3.63, 3.8) is 0 Å². The van der Waals surface area contributed by atoms with Crippen molar-refractivity contribution in [3.8, 4) is 11.4 Å². The van der Waals surface area contributed by atoms with Gasteiger partial charge in [-0.3, -0.25) is 14.3 Å². The van der Waals surface area contributed by atoms with E-state index in [0.717, 1.165) is 5.69 Å². The van der Waals surface area contributed by atoms with Crippen molar-refractivity contribution in [2.75, 3.05) is 5.32 Å². The van der Waals surface area contributed by atoms with Crippen molar-refractivity contribution in [2.24, 2.45) is 7.05 Å². The number of nitrogens with one attached hydrogen (secondary N) is 1. The Morgan fingerprint density at radius 3 is 2.26 bits per heavy atom. The molecule has 0 fully saturated rings. The van der Waals surface area contributed by atoms with Gasteiger partial charge in [0.2, 0.25) is 0 Å². The minimum atomic E-state index is -0.684. The number of aromatic nitrogens is 2. The van der Waals surface area contributed by atoms with Crippen molar-refractivity contribution in [3.05, 3.63) is 76.7 Å². The first kappa shape index (κ1) is 18.5. The third-order valence-electron chi connectivity index (χ3n) is 4.49. The summed E-state index contributed by atoms with van der Waals surface area (Å²) in [5.74, 6) is 0.276. The fourth-order valence-corrected chi connectivity index (χ4v) is 2.90. The van der Waals surface area contributed by atoms with Crippen LogP contribution in [-0.2, 0) is 11.8 Å². The number of benzene rings is 2. The summed E-state index contributed by atoms with van der Waals surface area (Å²) < 4.78 is 9.03. The fourth-order valence-electron chi connectivity index (χ4n) is 2.90. The Morgan fingerprint density at radius 2 is 1.67 bits per heavy atom. The molecular weight excluding hydrogens is 342 g/mol. The van der Waals surface area contributed by atoms with Gasteiger partial charge >= 0.3 is 0 Å². The van der Waals surface area contributed by atoms with E-state index < -0.39 is 6.10 Å². The van der Waals surface area contributed by atoms with E-state index in [0.29, 0.717) is 17.9 Å². The number of ether oxygens (including phenoxy) is 1. The molecule has 0 radical (unpaired) electrons. The fraction of sp³-hybridized carbons (Fsp3) is 0.238. The van der Waals surface area contributed by atoms with E-state index in [2.05, 4.69) is 5.32 Å².